The van der Waals surface area contributed by atoms with Gasteiger partial charge in [-0.2, -0.15) is 0 Å². The molecule has 3 aromatic rings. The van der Waals surface area contributed by atoms with Gasteiger partial charge in [0.15, 0.2) is 5.58 Å². The first-order valence-electron chi connectivity index (χ1n) is 9.35. The summed E-state index contributed by atoms with van der Waals surface area (Å²) in [5, 5.41) is 2.94. The maximum absolute atomic E-state index is 12.5. The van der Waals surface area contributed by atoms with Gasteiger partial charge in [0.05, 0.1) is 24.8 Å². The minimum atomic E-state index is -0.539. The Balaban J connectivity index is 1.46. The largest absolute Gasteiger partial charge is 0.465 e. The molecule has 0 saturated carbocycles. The fourth-order valence-electron chi connectivity index (χ4n) is 3.51. The Hall–Kier alpha value is -2.84. The van der Waals surface area contributed by atoms with Crippen molar-refractivity contribution in [3.8, 4) is 0 Å². The number of hydrogen-bond donors (Lipinski definition) is 1. The number of benzene rings is 1. The highest BCUT2D eigenvalue weighted by Gasteiger charge is 2.26. The summed E-state index contributed by atoms with van der Waals surface area (Å²) in [5.41, 5.74) is 1.08. The summed E-state index contributed by atoms with van der Waals surface area (Å²) in [4.78, 5) is 26.8. The van der Waals surface area contributed by atoms with Gasteiger partial charge in [0, 0.05) is 19.6 Å². The maximum atomic E-state index is 12.5. The second-order valence-corrected chi connectivity index (χ2v) is 6.84. The summed E-state index contributed by atoms with van der Waals surface area (Å²) in [6.45, 7) is 5.04. The summed E-state index contributed by atoms with van der Waals surface area (Å²) >= 11 is 0. The Bertz CT molecular complexity index is 1010. The minimum Gasteiger partial charge on any atom is -0.465 e. The van der Waals surface area contributed by atoms with Crippen LogP contribution in [-0.4, -0.2) is 48.2 Å². The van der Waals surface area contributed by atoms with E-state index in [0.717, 1.165) is 24.6 Å². The van der Waals surface area contributed by atoms with Crippen LogP contribution in [0.1, 0.15) is 17.6 Å². The topological polar surface area (TPSA) is 89.9 Å². The van der Waals surface area contributed by atoms with E-state index >= 15 is 0 Å². The van der Waals surface area contributed by atoms with E-state index < -0.39 is 5.76 Å². The molecule has 0 radical (unpaired) electrons. The lowest BCUT2D eigenvalue weighted by atomic mass is 10.1. The SMILES string of the molecule is Cc1ccc(C(CNC(=O)Cn2c(=O)oc3ccccc32)N2CCOCC2)o1. The average Bonchev–Trinajstić information content (AvgIpc) is 3.26. The van der Waals surface area contributed by atoms with Gasteiger partial charge in [-0.3, -0.25) is 14.3 Å². The molecule has 0 bridgehead atoms. The van der Waals surface area contributed by atoms with Gasteiger partial charge in [0.2, 0.25) is 5.91 Å². The molecule has 2 aromatic heterocycles. The Morgan fingerprint density at radius 1 is 1.14 bits per heavy atom. The smallest absolute Gasteiger partial charge is 0.420 e. The third-order valence-electron chi connectivity index (χ3n) is 4.94. The highest BCUT2D eigenvalue weighted by Crippen LogP contribution is 2.23. The molecule has 1 aliphatic rings. The van der Waals surface area contributed by atoms with E-state index in [2.05, 4.69) is 10.2 Å². The molecule has 4 rings (SSSR count). The first-order valence-corrected chi connectivity index (χ1v) is 9.35. The summed E-state index contributed by atoms with van der Waals surface area (Å²) < 4.78 is 17.8. The zero-order valence-electron chi connectivity index (χ0n) is 15.7. The molecule has 8 nitrogen and oxygen atoms in total. The number of oxazole rings is 1. The monoisotopic (exact) mass is 385 g/mol. The molecule has 148 valence electrons. The van der Waals surface area contributed by atoms with E-state index in [1.807, 2.05) is 19.1 Å². The standard InChI is InChI=1S/C20H23N3O5/c1-14-6-7-18(27-14)16(22-8-10-26-11-9-22)12-21-19(24)13-23-15-4-2-3-5-17(15)28-20(23)25/h2-7,16H,8-13H2,1H3,(H,21,24). The molecule has 1 N–H and O–H groups in total. The fourth-order valence-corrected chi connectivity index (χ4v) is 3.51. The molecule has 1 unspecified atom stereocenters. The number of ether oxygens (including phenoxy) is 1. The zero-order chi connectivity index (χ0) is 19.5. The van der Waals surface area contributed by atoms with E-state index in [1.54, 1.807) is 24.3 Å². The third-order valence-corrected chi connectivity index (χ3v) is 4.94. The Morgan fingerprint density at radius 3 is 2.68 bits per heavy atom. The van der Waals surface area contributed by atoms with Crippen LogP contribution in [0.4, 0.5) is 0 Å². The fraction of sp³-hybridized carbons (Fsp3) is 0.400. The van der Waals surface area contributed by atoms with Crippen LogP contribution in [0, 0.1) is 6.92 Å². The van der Waals surface area contributed by atoms with Crippen molar-refractivity contribution in [1.82, 2.24) is 14.8 Å². The van der Waals surface area contributed by atoms with Gasteiger partial charge in [0.25, 0.3) is 0 Å². The number of aryl methyl sites for hydroxylation is 1. The number of furan rings is 1. The van der Waals surface area contributed by atoms with Gasteiger partial charge < -0.3 is 18.9 Å². The van der Waals surface area contributed by atoms with E-state index in [9.17, 15) is 9.59 Å². The second-order valence-electron chi connectivity index (χ2n) is 6.84. The molecule has 1 aromatic carbocycles. The van der Waals surface area contributed by atoms with Crippen molar-refractivity contribution in [3.05, 3.63) is 58.5 Å². The van der Waals surface area contributed by atoms with Crippen LogP contribution in [0.2, 0.25) is 0 Å². The van der Waals surface area contributed by atoms with Crippen molar-refractivity contribution >= 4 is 17.0 Å². The quantitative estimate of drug-likeness (QED) is 0.695. The van der Waals surface area contributed by atoms with E-state index in [1.165, 1.54) is 4.57 Å². The molecule has 1 aliphatic heterocycles. The van der Waals surface area contributed by atoms with E-state index in [4.69, 9.17) is 13.6 Å². The second kappa shape index (κ2) is 8.04. The normalized spacial score (nSPS) is 16.3. The highest BCUT2D eigenvalue weighted by molar-refractivity contribution is 5.79. The lowest BCUT2D eigenvalue weighted by Crippen LogP contribution is -2.44. The predicted octanol–water partition coefficient (Wildman–Crippen LogP) is 1.69. The summed E-state index contributed by atoms with van der Waals surface area (Å²) in [6.07, 6.45) is 0. The van der Waals surface area contributed by atoms with Crippen LogP contribution in [0.3, 0.4) is 0 Å². The Morgan fingerprint density at radius 2 is 1.93 bits per heavy atom. The van der Waals surface area contributed by atoms with Crippen molar-refractivity contribution < 1.29 is 18.4 Å². The number of rotatable bonds is 6. The summed E-state index contributed by atoms with van der Waals surface area (Å²) in [6, 6.07) is 10.8. The molecule has 1 amide bonds. The van der Waals surface area contributed by atoms with Crippen molar-refractivity contribution in [2.45, 2.75) is 19.5 Å². The number of fused-ring (bicyclic) bond motifs is 1. The van der Waals surface area contributed by atoms with Gasteiger partial charge in [-0.15, -0.1) is 0 Å². The predicted molar refractivity (Wildman–Crippen MR) is 102 cm³/mol. The summed E-state index contributed by atoms with van der Waals surface area (Å²) in [7, 11) is 0. The van der Waals surface area contributed by atoms with Crippen LogP contribution in [-0.2, 0) is 16.1 Å². The molecule has 1 atom stereocenters. The number of hydrogen-bond acceptors (Lipinski definition) is 6. The number of carbonyl (C=O) groups excluding carboxylic acids is 1. The van der Waals surface area contributed by atoms with Crippen LogP contribution >= 0.6 is 0 Å². The number of carbonyl (C=O) groups is 1. The molecule has 0 spiro atoms. The Kier molecular flexibility index (Phi) is 5.31. The zero-order valence-corrected chi connectivity index (χ0v) is 15.7. The molecule has 1 saturated heterocycles. The molecular formula is C20H23N3O5. The molecule has 0 aliphatic carbocycles. The average molecular weight is 385 g/mol. The number of nitrogens with zero attached hydrogens (tertiary/aromatic N) is 2. The maximum Gasteiger partial charge on any atom is 0.420 e. The van der Waals surface area contributed by atoms with Crippen LogP contribution in [0.15, 0.2) is 50.0 Å². The van der Waals surface area contributed by atoms with Gasteiger partial charge in [-0.25, -0.2) is 4.79 Å². The van der Waals surface area contributed by atoms with Gasteiger partial charge >= 0.3 is 5.76 Å². The van der Waals surface area contributed by atoms with Crippen molar-refractivity contribution in [1.29, 1.82) is 0 Å². The molecule has 3 heterocycles. The summed E-state index contributed by atoms with van der Waals surface area (Å²) in [5.74, 6) is 0.847. The number of morpholine rings is 1. The third kappa shape index (κ3) is 3.88. The van der Waals surface area contributed by atoms with Gasteiger partial charge in [-0.05, 0) is 31.2 Å². The minimum absolute atomic E-state index is 0.0839. The first-order chi connectivity index (χ1) is 13.6. The van der Waals surface area contributed by atoms with Gasteiger partial charge in [-0.1, -0.05) is 12.1 Å². The molecule has 1 fully saturated rings. The number of nitrogens with one attached hydrogen (secondary N) is 1. The van der Waals surface area contributed by atoms with Crippen molar-refractivity contribution in [2.24, 2.45) is 0 Å². The number of aromatic nitrogens is 1. The highest BCUT2D eigenvalue weighted by atomic mass is 16.5. The molecule has 8 heteroatoms. The van der Waals surface area contributed by atoms with Crippen LogP contribution < -0.4 is 11.1 Å². The first kappa shape index (κ1) is 18.5. The van der Waals surface area contributed by atoms with E-state index in [0.29, 0.717) is 30.9 Å². The lowest BCUT2D eigenvalue weighted by Gasteiger charge is -2.33. The lowest BCUT2D eigenvalue weighted by molar-refractivity contribution is -0.122. The number of amides is 1. The van der Waals surface area contributed by atoms with Crippen LogP contribution in [0.5, 0.6) is 0 Å². The van der Waals surface area contributed by atoms with E-state index in [-0.39, 0.29) is 18.5 Å². The van der Waals surface area contributed by atoms with Crippen molar-refractivity contribution in [2.75, 3.05) is 32.8 Å². The van der Waals surface area contributed by atoms with Crippen LogP contribution in [0.25, 0.3) is 11.1 Å². The molecular weight excluding hydrogens is 362 g/mol. The molecule has 28 heavy (non-hydrogen) atoms. The van der Waals surface area contributed by atoms with Gasteiger partial charge in [0.1, 0.15) is 18.1 Å². The number of para-hydroxylation sites is 2. The Labute approximate surface area is 161 Å². The van der Waals surface area contributed by atoms with Crippen molar-refractivity contribution in [3.63, 3.8) is 0 Å².